The molecule has 0 radical (unpaired) electrons. The first-order chi connectivity index (χ1) is 17.5. The number of morpholine rings is 1. The Morgan fingerprint density at radius 3 is 2.56 bits per heavy atom. The van der Waals surface area contributed by atoms with Crippen molar-refractivity contribution in [3.05, 3.63) is 68.8 Å². The minimum Gasteiger partial charge on any atom is -0.507 e. The van der Waals surface area contributed by atoms with Crippen LogP contribution in [-0.2, 0) is 14.3 Å². The van der Waals surface area contributed by atoms with Gasteiger partial charge in [-0.25, -0.2) is 0 Å². The van der Waals surface area contributed by atoms with Crippen LogP contribution in [0, 0.1) is 3.57 Å². The third kappa shape index (κ3) is 6.27. The number of aliphatic hydroxyl groups excluding tert-OH is 1. The quantitative estimate of drug-likeness (QED) is 0.140. The summed E-state index contributed by atoms with van der Waals surface area (Å²) in [6.07, 6.45) is 2.68. The highest BCUT2D eigenvalue weighted by atomic mass is 127. The predicted octanol–water partition coefficient (Wildman–Crippen LogP) is 4.61. The third-order valence-electron chi connectivity index (χ3n) is 6.58. The van der Waals surface area contributed by atoms with Gasteiger partial charge in [0.15, 0.2) is 0 Å². The molecule has 2 saturated heterocycles. The molecule has 7 nitrogen and oxygen atoms in total. The molecule has 0 bridgehead atoms. The summed E-state index contributed by atoms with van der Waals surface area (Å²) in [5, 5.41) is 11.3. The van der Waals surface area contributed by atoms with E-state index in [1.165, 1.54) is 0 Å². The number of likely N-dealkylation sites (tertiary alicyclic amines) is 1. The van der Waals surface area contributed by atoms with E-state index in [0.29, 0.717) is 37.7 Å². The summed E-state index contributed by atoms with van der Waals surface area (Å²) < 4.78 is 12.3. The number of aliphatic hydroxyl groups is 1. The van der Waals surface area contributed by atoms with Crippen LogP contribution in [0.25, 0.3) is 5.76 Å². The van der Waals surface area contributed by atoms with Gasteiger partial charge in [-0.1, -0.05) is 37.6 Å². The normalized spacial score (nSPS) is 20.2. The van der Waals surface area contributed by atoms with Gasteiger partial charge in [0.2, 0.25) is 0 Å². The highest BCUT2D eigenvalue weighted by molar-refractivity contribution is 14.1. The van der Waals surface area contributed by atoms with Crippen LogP contribution in [0.3, 0.4) is 0 Å². The predicted molar refractivity (Wildman–Crippen MR) is 147 cm³/mol. The van der Waals surface area contributed by atoms with Crippen molar-refractivity contribution in [2.24, 2.45) is 0 Å². The lowest BCUT2D eigenvalue weighted by Crippen LogP contribution is -2.38. The fraction of sp³-hybridized carbons (Fsp3) is 0.429. The number of Topliss-reactive ketones (excluding diaryl/α,β-unsaturated/α-hetero) is 1. The lowest BCUT2D eigenvalue weighted by atomic mass is 9.95. The topological polar surface area (TPSA) is 79.3 Å². The summed E-state index contributed by atoms with van der Waals surface area (Å²) in [7, 11) is 0. The second-order valence-electron chi connectivity index (χ2n) is 9.08. The summed E-state index contributed by atoms with van der Waals surface area (Å²) in [4.78, 5) is 30.4. The lowest BCUT2D eigenvalue weighted by molar-refractivity contribution is -0.140. The molecule has 2 aliphatic heterocycles. The van der Waals surface area contributed by atoms with Gasteiger partial charge in [-0.3, -0.25) is 14.5 Å². The molecule has 192 valence electrons. The lowest BCUT2D eigenvalue weighted by Gasteiger charge is -2.29. The summed E-state index contributed by atoms with van der Waals surface area (Å²) in [6.45, 7) is 7.10. The van der Waals surface area contributed by atoms with Crippen LogP contribution in [0.4, 0.5) is 0 Å². The van der Waals surface area contributed by atoms with Gasteiger partial charge in [0.25, 0.3) is 11.7 Å². The van der Waals surface area contributed by atoms with E-state index < -0.39 is 17.7 Å². The van der Waals surface area contributed by atoms with Crippen molar-refractivity contribution in [1.29, 1.82) is 0 Å². The van der Waals surface area contributed by atoms with E-state index in [4.69, 9.17) is 9.47 Å². The van der Waals surface area contributed by atoms with Gasteiger partial charge in [0.05, 0.1) is 31.4 Å². The molecule has 2 aliphatic rings. The molecule has 2 heterocycles. The Morgan fingerprint density at radius 1 is 1.08 bits per heavy atom. The van der Waals surface area contributed by atoms with E-state index in [9.17, 15) is 14.7 Å². The molecule has 4 rings (SSSR count). The van der Waals surface area contributed by atoms with Crippen LogP contribution >= 0.6 is 22.6 Å². The van der Waals surface area contributed by atoms with Crippen molar-refractivity contribution in [3.63, 3.8) is 0 Å². The number of carbonyl (C=O) groups excluding carboxylic acids is 2. The van der Waals surface area contributed by atoms with Crippen LogP contribution < -0.4 is 4.74 Å². The SMILES string of the molecule is CCCCOc1cccc(/C(O)=C2\C(=O)C(=O)N(CCCN3CCOCC3)C2c2ccc(I)cc2)c1. The Labute approximate surface area is 226 Å². The van der Waals surface area contributed by atoms with Crippen LogP contribution in [0.15, 0.2) is 54.1 Å². The number of hydrogen-bond acceptors (Lipinski definition) is 6. The van der Waals surface area contributed by atoms with Crippen molar-refractivity contribution in [2.75, 3.05) is 46.0 Å². The van der Waals surface area contributed by atoms with Crippen LogP contribution in [0.2, 0.25) is 0 Å². The molecule has 8 heteroatoms. The molecule has 1 N–H and O–H groups in total. The van der Waals surface area contributed by atoms with Gasteiger partial charge >= 0.3 is 0 Å². The van der Waals surface area contributed by atoms with Gasteiger partial charge in [0, 0.05) is 35.3 Å². The van der Waals surface area contributed by atoms with E-state index in [-0.39, 0.29) is 11.3 Å². The Hall–Kier alpha value is -2.43. The molecule has 2 aromatic rings. The maximum atomic E-state index is 13.3. The summed E-state index contributed by atoms with van der Waals surface area (Å²) in [5.41, 5.74) is 1.39. The Balaban J connectivity index is 1.64. The monoisotopic (exact) mass is 604 g/mol. The first-order valence-electron chi connectivity index (χ1n) is 12.6. The zero-order valence-corrected chi connectivity index (χ0v) is 22.8. The number of hydrogen-bond donors (Lipinski definition) is 1. The van der Waals surface area contributed by atoms with Crippen LogP contribution in [0.1, 0.15) is 43.4 Å². The Morgan fingerprint density at radius 2 is 1.83 bits per heavy atom. The molecule has 0 spiro atoms. The maximum absolute atomic E-state index is 13.3. The van der Waals surface area contributed by atoms with Gasteiger partial charge in [-0.2, -0.15) is 0 Å². The van der Waals surface area contributed by atoms with E-state index >= 15 is 0 Å². The number of amides is 1. The summed E-state index contributed by atoms with van der Waals surface area (Å²) in [5.74, 6) is -0.774. The van der Waals surface area contributed by atoms with Gasteiger partial charge in [0.1, 0.15) is 11.5 Å². The molecule has 1 unspecified atom stereocenters. The maximum Gasteiger partial charge on any atom is 0.295 e. The molecule has 0 aliphatic carbocycles. The molecule has 0 saturated carbocycles. The molecule has 0 aromatic heterocycles. The number of ether oxygens (including phenoxy) is 2. The Bertz CT molecular complexity index is 1100. The fourth-order valence-electron chi connectivity index (χ4n) is 4.61. The van der Waals surface area contributed by atoms with Crippen molar-refractivity contribution >= 4 is 40.0 Å². The van der Waals surface area contributed by atoms with Gasteiger partial charge in [-0.05, 0) is 65.3 Å². The zero-order chi connectivity index (χ0) is 25.5. The number of halogens is 1. The van der Waals surface area contributed by atoms with Crippen molar-refractivity contribution in [3.8, 4) is 5.75 Å². The van der Waals surface area contributed by atoms with Crippen molar-refractivity contribution < 1.29 is 24.2 Å². The molecular formula is C28H33IN2O5. The second kappa shape index (κ2) is 12.7. The molecule has 2 aromatic carbocycles. The third-order valence-corrected chi connectivity index (χ3v) is 7.30. The molecular weight excluding hydrogens is 571 g/mol. The van der Waals surface area contributed by atoms with Crippen molar-refractivity contribution in [2.45, 2.75) is 32.2 Å². The largest absolute Gasteiger partial charge is 0.507 e. The van der Waals surface area contributed by atoms with Gasteiger partial charge < -0.3 is 19.5 Å². The zero-order valence-electron chi connectivity index (χ0n) is 20.6. The first-order valence-corrected chi connectivity index (χ1v) is 13.6. The summed E-state index contributed by atoms with van der Waals surface area (Å²) >= 11 is 2.23. The number of rotatable bonds is 10. The molecule has 36 heavy (non-hydrogen) atoms. The number of carbonyl (C=O) groups is 2. The minimum atomic E-state index is -0.653. The standard InChI is InChI=1S/C28H33IN2O5/c1-2-3-16-36-23-7-4-6-21(19-23)26(32)24-25(20-8-10-22(29)11-9-20)31(28(34)27(24)33)13-5-12-30-14-17-35-18-15-30/h4,6-11,19,25,32H,2-3,5,12-18H2,1H3/b26-24+. The van der Waals surface area contributed by atoms with Gasteiger partial charge in [-0.15, -0.1) is 0 Å². The number of nitrogens with zero attached hydrogens (tertiary/aromatic N) is 2. The highest BCUT2D eigenvalue weighted by Gasteiger charge is 2.45. The molecule has 1 amide bonds. The van der Waals surface area contributed by atoms with E-state index in [1.807, 2.05) is 30.3 Å². The smallest absolute Gasteiger partial charge is 0.295 e. The Kier molecular flexibility index (Phi) is 9.39. The summed E-state index contributed by atoms with van der Waals surface area (Å²) in [6, 6.07) is 14.2. The number of unbranched alkanes of at least 4 members (excludes halogenated alkanes) is 1. The average molecular weight is 604 g/mol. The highest BCUT2D eigenvalue weighted by Crippen LogP contribution is 2.40. The van der Waals surface area contributed by atoms with Crippen molar-refractivity contribution in [1.82, 2.24) is 9.80 Å². The first kappa shape index (κ1) is 26.6. The second-order valence-corrected chi connectivity index (χ2v) is 10.3. The van der Waals surface area contributed by atoms with Crippen LogP contribution in [0.5, 0.6) is 5.75 Å². The number of benzene rings is 2. The van der Waals surface area contributed by atoms with E-state index in [2.05, 4.69) is 34.4 Å². The minimum absolute atomic E-state index is 0.123. The molecule has 2 fully saturated rings. The molecule has 1 atom stereocenters. The van der Waals surface area contributed by atoms with E-state index in [0.717, 1.165) is 48.0 Å². The van der Waals surface area contributed by atoms with E-state index in [1.54, 1.807) is 23.1 Å². The average Bonchev–Trinajstić information content (AvgIpc) is 3.15. The van der Waals surface area contributed by atoms with Crippen LogP contribution in [-0.4, -0.2) is 72.6 Å². The number of ketones is 1. The fourth-order valence-corrected chi connectivity index (χ4v) is 4.97.